The van der Waals surface area contributed by atoms with Crippen molar-refractivity contribution in [3.8, 4) is 5.75 Å². The Hall–Kier alpha value is -1.50. The first-order valence-electron chi connectivity index (χ1n) is 6.75. The molecule has 1 aromatic carbocycles. The fourth-order valence-corrected chi connectivity index (χ4v) is 1.87. The molecular formula is C17H24O. The zero-order valence-corrected chi connectivity index (χ0v) is 11.4. The van der Waals surface area contributed by atoms with Crippen LogP contribution in [0.25, 0.3) is 0 Å². The fraction of sp³-hybridized carbons (Fsp3) is 0.412. The Kier molecular flexibility index (Phi) is 7.70. The minimum Gasteiger partial charge on any atom is -0.497 e. The average molecular weight is 244 g/mol. The van der Waals surface area contributed by atoms with Crippen molar-refractivity contribution in [2.45, 2.75) is 38.5 Å². The molecule has 1 nitrogen and oxygen atoms in total. The van der Waals surface area contributed by atoms with Gasteiger partial charge in [0.15, 0.2) is 0 Å². The van der Waals surface area contributed by atoms with Gasteiger partial charge in [-0.1, -0.05) is 30.4 Å². The summed E-state index contributed by atoms with van der Waals surface area (Å²) in [5, 5.41) is 0. The monoisotopic (exact) mass is 244 g/mol. The standard InChI is InChI=1S/C17H24O/c1-3-4-5-6-7-8-9-10-12-16-13-11-14-17(15-16)18-2/h3,7-8,11,13-15H,1,4-6,9-10,12H2,2H3/b8-7-. The molecule has 1 rings (SSSR count). The largest absolute Gasteiger partial charge is 0.497 e. The van der Waals surface area contributed by atoms with Crippen LogP contribution in [-0.2, 0) is 6.42 Å². The molecule has 0 amide bonds. The Morgan fingerprint density at radius 2 is 1.89 bits per heavy atom. The first kappa shape index (κ1) is 14.6. The maximum Gasteiger partial charge on any atom is 0.119 e. The lowest BCUT2D eigenvalue weighted by Gasteiger charge is -2.03. The maximum atomic E-state index is 5.22. The van der Waals surface area contributed by atoms with Crippen LogP contribution >= 0.6 is 0 Å². The summed E-state index contributed by atoms with van der Waals surface area (Å²) in [7, 11) is 1.71. The van der Waals surface area contributed by atoms with Gasteiger partial charge in [-0.15, -0.1) is 6.58 Å². The number of allylic oxidation sites excluding steroid dienone is 3. The van der Waals surface area contributed by atoms with E-state index in [0.29, 0.717) is 0 Å². The van der Waals surface area contributed by atoms with Crippen LogP contribution in [0.5, 0.6) is 5.75 Å². The molecule has 0 aromatic heterocycles. The van der Waals surface area contributed by atoms with Gasteiger partial charge < -0.3 is 4.74 Å². The van der Waals surface area contributed by atoms with E-state index in [9.17, 15) is 0 Å². The molecule has 0 unspecified atom stereocenters. The van der Waals surface area contributed by atoms with Crippen LogP contribution in [0.1, 0.15) is 37.7 Å². The van der Waals surface area contributed by atoms with E-state index in [1.807, 2.05) is 12.1 Å². The third-order valence-electron chi connectivity index (χ3n) is 2.92. The summed E-state index contributed by atoms with van der Waals surface area (Å²) in [6.45, 7) is 3.72. The lowest BCUT2D eigenvalue weighted by atomic mass is 10.1. The normalized spacial score (nSPS) is 10.7. The SMILES string of the molecule is C=CCCC/C=C\CCCc1cccc(OC)c1. The number of rotatable bonds is 9. The Morgan fingerprint density at radius 3 is 2.61 bits per heavy atom. The smallest absolute Gasteiger partial charge is 0.119 e. The highest BCUT2D eigenvalue weighted by molar-refractivity contribution is 5.28. The lowest BCUT2D eigenvalue weighted by Crippen LogP contribution is -1.87. The number of ether oxygens (including phenoxy) is 1. The fourth-order valence-electron chi connectivity index (χ4n) is 1.87. The zero-order valence-electron chi connectivity index (χ0n) is 11.4. The van der Waals surface area contributed by atoms with E-state index in [-0.39, 0.29) is 0 Å². The third kappa shape index (κ3) is 6.29. The number of hydrogen-bond acceptors (Lipinski definition) is 1. The Bertz CT molecular complexity index is 366. The van der Waals surface area contributed by atoms with Gasteiger partial charge in [0.2, 0.25) is 0 Å². The van der Waals surface area contributed by atoms with E-state index in [2.05, 4.69) is 36.9 Å². The zero-order chi connectivity index (χ0) is 13.1. The van der Waals surface area contributed by atoms with E-state index >= 15 is 0 Å². The number of unbranched alkanes of at least 4 members (excludes halogenated alkanes) is 3. The maximum absolute atomic E-state index is 5.22. The molecule has 0 aliphatic carbocycles. The van der Waals surface area contributed by atoms with Gasteiger partial charge in [-0.25, -0.2) is 0 Å². The van der Waals surface area contributed by atoms with Gasteiger partial charge in [-0.2, -0.15) is 0 Å². The number of methoxy groups -OCH3 is 1. The van der Waals surface area contributed by atoms with E-state index in [1.54, 1.807) is 7.11 Å². The molecule has 0 aliphatic rings. The molecule has 1 aromatic rings. The molecule has 0 heterocycles. The van der Waals surface area contributed by atoms with Gasteiger partial charge in [0.05, 0.1) is 7.11 Å². The van der Waals surface area contributed by atoms with Crippen molar-refractivity contribution in [1.82, 2.24) is 0 Å². The Balaban J connectivity index is 2.15. The van der Waals surface area contributed by atoms with Crippen molar-refractivity contribution in [3.05, 3.63) is 54.6 Å². The summed E-state index contributed by atoms with van der Waals surface area (Å²) in [4.78, 5) is 0. The molecule has 1 heteroatoms. The van der Waals surface area contributed by atoms with Crippen LogP contribution in [0.2, 0.25) is 0 Å². The molecule has 0 saturated carbocycles. The van der Waals surface area contributed by atoms with Gasteiger partial charge in [0.25, 0.3) is 0 Å². The second-order valence-corrected chi connectivity index (χ2v) is 4.43. The van der Waals surface area contributed by atoms with Crippen molar-refractivity contribution < 1.29 is 4.74 Å². The molecule has 0 aliphatic heterocycles. The highest BCUT2D eigenvalue weighted by Gasteiger charge is 1.94. The molecule has 0 fully saturated rings. The molecule has 18 heavy (non-hydrogen) atoms. The molecule has 0 radical (unpaired) electrons. The van der Waals surface area contributed by atoms with Crippen molar-refractivity contribution in [2.75, 3.05) is 7.11 Å². The van der Waals surface area contributed by atoms with Gasteiger partial charge in [0, 0.05) is 0 Å². The summed E-state index contributed by atoms with van der Waals surface area (Å²) < 4.78 is 5.22. The minimum atomic E-state index is 0.951. The minimum absolute atomic E-state index is 0.951. The second-order valence-electron chi connectivity index (χ2n) is 4.43. The van der Waals surface area contributed by atoms with Crippen LogP contribution in [0.15, 0.2) is 49.1 Å². The molecule has 0 saturated heterocycles. The van der Waals surface area contributed by atoms with Crippen LogP contribution < -0.4 is 4.74 Å². The first-order chi connectivity index (χ1) is 8.86. The van der Waals surface area contributed by atoms with Gasteiger partial charge in [-0.3, -0.25) is 0 Å². The van der Waals surface area contributed by atoms with E-state index in [4.69, 9.17) is 4.74 Å². The van der Waals surface area contributed by atoms with E-state index < -0.39 is 0 Å². The number of aryl methyl sites for hydroxylation is 1. The molecule has 0 N–H and O–H groups in total. The van der Waals surface area contributed by atoms with Crippen LogP contribution in [0.4, 0.5) is 0 Å². The van der Waals surface area contributed by atoms with Gasteiger partial charge in [-0.05, 0) is 56.2 Å². The van der Waals surface area contributed by atoms with Gasteiger partial charge >= 0.3 is 0 Å². The van der Waals surface area contributed by atoms with Crippen molar-refractivity contribution >= 4 is 0 Å². The van der Waals surface area contributed by atoms with Crippen molar-refractivity contribution in [3.63, 3.8) is 0 Å². The number of hydrogen-bond donors (Lipinski definition) is 0. The topological polar surface area (TPSA) is 9.23 Å². The number of benzene rings is 1. The highest BCUT2D eigenvalue weighted by atomic mass is 16.5. The predicted octanol–water partition coefficient (Wildman–Crippen LogP) is 4.93. The summed E-state index contributed by atoms with van der Waals surface area (Å²) in [6, 6.07) is 8.33. The molecule has 0 atom stereocenters. The van der Waals surface area contributed by atoms with E-state index in [1.165, 1.54) is 24.8 Å². The van der Waals surface area contributed by atoms with Gasteiger partial charge in [0.1, 0.15) is 5.75 Å². The lowest BCUT2D eigenvalue weighted by molar-refractivity contribution is 0.414. The van der Waals surface area contributed by atoms with Crippen LogP contribution in [0.3, 0.4) is 0 Å². The predicted molar refractivity (Wildman–Crippen MR) is 79.1 cm³/mol. The molecule has 0 spiro atoms. The summed E-state index contributed by atoms with van der Waals surface area (Å²) in [6.07, 6.45) is 13.6. The summed E-state index contributed by atoms with van der Waals surface area (Å²) in [5.41, 5.74) is 1.36. The quantitative estimate of drug-likeness (QED) is 0.442. The first-order valence-corrected chi connectivity index (χ1v) is 6.75. The summed E-state index contributed by atoms with van der Waals surface area (Å²) >= 11 is 0. The molecule has 98 valence electrons. The Labute approximate surface area is 111 Å². The van der Waals surface area contributed by atoms with Crippen LogP contribution in [0, 0.1) is 0 Å². The molecular weight excluding hydrogens is 220 g/mol. The van der Waals surface area contributed by atoms with Crippen molar-refractivity contribution in [1.29, 1.82) is 0 Å². The van der Waals surface area contributed by atoms with E-state index in [0.717, 1.165) is 25.0 Å². The Morgan fingerprint density at radius 1 is 1.11 bits per heavy atom. The van der Waals surface area contributed by atoms with Crippen LogP contribution in [-0.4, -0.2) is 7.11 Å². The highest BCUT2D eigenvalue weighted by Crippen LogP contribution is 2.14. The summed E-state index contributed by atoms with van der Waals surface area (Å²) in [5.74, 6) is 0.951. The third-order valence-corrected chi connectivity index (χ3v) is 2.92. The molecule has 0 bridgehead atoms. The average Bonchev–Trinajstić information content (AvgIpc) is 2.42. The second kappa shape index (κ2) is 9.52. The van der Waals surface area contributed by atoms with Crippen molar-refractivity contribution in [2.24, 2.45) is 0 Å².